The van der Waals surface area contributed by atoms with Gasteiger partial charge in [-0.2, -0.15) is 0 Å². The Morgan fingerprint density at radius 3 is 1.44 bits per heavy atom. The number of hydrogen-bond acceptors (Lipinski definition) is 1. The third kappa shape index (κ3) is 5.95. The van der Waals surface area contributed by atoms with Crippen molar-refractivity contribution in [3.8, 4) is 39.1 Å². The Hall–Kier alpha value is -8.20. The number of para-hydroxylation sites is 2. The molecule has 10 aromatic carbocycles. The van der Waals surface area contributed by atoms with Crippen LogP contribution in [0.15, 0.2) is 255 Å². The molecule has 0 aliphatic heterocycles. The summed E-state index contributed by atoms with van der Waals surface area (Å²) < 4.78 is 47.7. The lowest BCUT2D eigenvalue weighted by molar-refractivity contribution is 0.770. The average molecular weight is 808 g/mol. The molecule has 0 N–H and O–H groups in total. The largest absolute Gasteiger partial charge is 0.311 e. The predicted molar refractivity (Wildman–Crippen MR) is 264 cm³/mol. The second-order valence-corrected chi connectivity index (χ2v) is 16.1. The molecule has 0 saturated heterocycles. The molecule has 0 bridgehead atoms. The molecule has 296 valence electrons. The smallest absolute Gasteiger partial charge is 0.0713 e. The topological polar surface area (TPSA) is 8.17 Å². The molecule has 0 fully saturated rings. The second kappa shape index (κ2) is 15.1. The highest BCUT2D eigenvalue weighted by molar-refractivity contribution is 6.11. The molecular formula is C61H42N2. The number of hydrogen-bond donors (Lipinski definition) is 0. The normalized spacial score (nSPS) is 13.7. The molecule has 1 aromatic heterocycles. The Kier molecular flexibility index (Phi) is 7.56. The van der Waals surface area contributed by atoms with Crippen molar-refractivity contribution in [3.05, 3.63) is 277 Å². The Balaban J connectivity index is 1.04. The SMILES string of the molecule is [2H]c1c([2H])c([2H])c(C2(c3ccc4c(c3)c3cc(-c5ccc(N(c6ccccc6)c6ccc(-c7ccccc7)cc6)cc5)ccc3n4-c3ccccc3)c3ccccc3-c3ccccc32)c([2H])c1[2H]. The van der Waals surface area contributed by atoms with Crippen LogP contribution in [-0.4, -0.2) is 4.57 Å². The number of anilines is 3. The van der Waals surface area contributed by atoms with Gasteiger partial charge in [-0.05, 0) is 128 Å². The van der Waals surface area contributed by atoms with Crippen LogP contribution in [0.2, 0.25) is 0 Å². The van der Waals surface area contributed by atoms with Crippen molar-refractivity contribution in [1.82, 2.24) is 4.57 Å². The lowest BCUT2D eigenvalue weighted by atomic mass is 9.67. The zero-order chi connectivity index (χ0) is 46.1. The number of nitrogens with zero attached hydrogens (tertiary/aromatic N) is 2. The van der Waals surface area contributed by atoms with Gasteiger partial charge in [0, 0.05) is 33.5 Å². The summed E-state index contributed by atoms with van der Waals surface area (Å²) in [5, 5.41) is 2.02. The number of fused-ring (bicyclic) bond motifs is 6. The van der Waals surface area contributed by atoms with E-state index in [-0.39, 0.29) is 29.7 Å². The molecule has 2 heteroatoms. The van der Waals surface area contributed by atoms with Gasteiger partial charge < -0.3 is 9.47 Å². The van der Waals surface area contributed by atoms with Crippen molar-refractivity contribution in [3.63, 3.8) is 0 Å². The van der Waals surface area contributed by atoms with Crippen LogP contribution in [0.5, 0.6) is 0 Å². The minimum atomic E-state index is -1.23. The van der Waals surface area contributed by atoms with Gasteiger partial charge in [0.15, 0.2) is 0 Å². The third-order valence-electron chi connectivity index (χ3n) is 12.7. The molecule has 0 atom stereocenters. The highest BCUT2D eigenvalue weighted by Gasteiger charge is 2.46. The van der Waals surface area contributed by atoms with Gasteiger partial charge in [0.1, 0.15) is 0 Å². The minimum absolute atomic E-state index is 0.213. The van der Waals surface area contributed by atoms with E-state index in [0.29, 0.717) is 0 Å². The first-order valence-corrected chi connectivity index (χ1v) is 21.3. The molecule has 0 saturated carbocycles. The van der Waals surface area contributed by atoms with Gasteiger partial charge in [0.2, 0.25) is 0 Å². The van der Waals surface area contributed by atoms with Crippen molar-refractivity contribution in [2.24, 2.45) is 0 Å². The van der Waals surface area contributed by atoms with Crippen molar-refractivity contribution >= 4 is 38.9 Å². The Morgan fingerprint density at radius 2 is 0.825 bits per heavy atom. The minimum Gasteiger partial charge on any atom is -0.311 e. The molecule has 1 heterocycles. The van der Waals surface area contributed by atoms with Crippen LogP contribution in [0.3, 0.4) is 0 Å². The maximum absolute atomic E-state index is 9.49. The molecule has 1 aliphatic rings. The van der Waals surface area contributed by atoms with Gasteiger partial charge in [-0.3, -0.25) is 0 Å². The van der Waals surface area contributed by atoms with E-state index in [1.807, 2.05) is 66.7 Å². The van der Waals surface area contributed by atoms with Gasteiger partial charge in [0.25, 0.3) is 0 Å². The van der Waals surface area contributed by atoms with Crippen molar-refractivity contribution < 1.29 is 6.85 Å². The lowest BCUT2D eigenvalue weighted by Gasteiger charge is -2.34. The molecule has 1 aliphatic carbocycles. The standard InChI is InChI=1S/C61H42N2/c1-5-17-43(18-6-1)44-29-35-51(36-30-44)62(49-21-9-3-10-22-49)52-37-31-45(32-38-52)46-33-39-59-55(41-46)56-42-48(34-40-60(56)63(59)50-23-11-4-12-24-50)61(47-19-7-2-8-20-47)57-27-15-13-25-53(57)54-26-14-16-28-58(54)61/h1-42H/i2D,7D,8D,19D,20D. The Bertz CT molecular complexity index is 3640. The highest BCUT2D eigenvalue weighted by Crippen LogP contribution is 2.56. The van der Waals surface area contributed by atoms with E-state index in [1.54, 1.807) is 0 Å². The number of benzene rings is 10. The molecule has 11 aromatic rings. The van der Waals surface area contributed by atoms with Crippen LogP contribution in [0.25, 0.3) is 60.9 Å². The molecule has 0 spiro atoms. The van der Waals surface area contributed by atoms with Crippen LogP contribution in [-0.2, 0) is 5.41 Å². The summed E-state index contributed by atoms with van der Waals surface area (Å²) in [5.74, 6) is 0. The van der Waals surface area contributed by atoms with E-state index in [0.717, 1.165) is 89.1 Å². The fraction of sp³-hybridized carbons (Fsp3) is 0.0164. The first-order chi connectivity index (χ1) is 33.3. The lowest BCUT2D eigenvalue weighted by Crippen LogP contribution is -2.28. The fourth-order valence-electron chi connectivity index (χ4n) is 9.95. The van der Waals surface area contributed by atoms with Gasteiger partial charge in [0.05, 0.1) is 23.3 Å². The van der Waals surface area contributed by atoms with Crippen LogP contribution in [0.4, 0.5) is 17.1 Å². The second-order valence-electron chi connectivity index (χ2n) is 16.1. The summed E-state index contributed by atoms with van der Waals surface area (Å²) in [6.45, 7) is 0. The molecule has 63 heavy (non-hydrogen) atoms. The monoisotopic (exact) mass is 807 g/mol. The first kappa shape index (κ1) is 31.6. The summed E-state index contributed by atoms with van der Waals surface area (Å²) in [4.78, 5) is 2.28. The maximum atomic E-state index is 9.49. The van der Waals surface area contributed by atoms with Crippen molar-refractivity contribution in [1.29, 1.82) is 0 Å². The fourth-order valence-corrected chi connectivity index (χ4v) is 9.95. The average Bonchev–Trinajstić information content (AvgIpc) is 3.89. The summed E-state index contributed by atoms with van der Waals surface area (Å²) in [6.07, 6.45) is 0. The summed E-state index contributed by atoms with van der Waals surface area (Å²) in [6, 6.07) is 76.4. The molecule has 0 unspecified atom stereocenters. The predicted octanol–water partition coefficient (Wildman–Crippen LogP) is 16.0. The molecule has 2 nitrogen and oxygen atoms in total. The van der Waals surface area contributed by atoms with Gasteiger partial charge in [-0.15, -0.1) is 0 Å². The van der Waals surface area contributed by atoms with E-state index in [1.165, 1.54) is 5.56 Å². The van der Waals surface area contributed by atoms with Crippen molar-refractivity contribution in [2.45, 2.75) is 5.41 Å². The van der Waals surface area contributed by atoms with Crippen molar-refractivity contribution in [2.75, 3.05) is 4.90 Å². The highest BCUT2D eigenvalue weighted by atomic mass is 15.1. The summed E-state index contributed by atoms with van der Waals surface area (Å²) >= 11 is 0. The Morgan fingerprint density at radius 1 is 0.365 bits per heavy atom. The first-order valence-electron chi connectivity index (χ1n) is 23.8. The zero-order valence-electron chi connectivity index (χ0n) is 39.3. The van der Waals surface area contributed by atoms with Gasteiger partial charge >= 0.3 is 0 Å². The molecule has 0 amide bonds. The Labute approximate surface area is 375 Å². The molecule has 0 radical (unpaired) electrons. The van der Waals surface area contributed by atoms with Crippen LogP contribution < -0.4 is 4.90 Å². The summed E-state index contributed by atoms with van der Waals surface area (Å²) in [7, 11) is 0. The van der Waals surface area contributed by atoms with E-state index >= 15 is 0 Å². The zero-order valence-corrected chi connectivity index (χ0v) is 34.3. The van der Waals surface area contributed by atoms with Crippen LogP contribution in [0.1, 0.15) is 29.1 Å². The van der Waals surface area contributed by atoms with E-state index in [9.17, 15) is 2.74 Å². The molecular weight excluding hydrogens is 761 g/mol. The number of aromatic nitrogens is 1. The summed E-state index contributed by atoms with van der Waals surface area (Å²) in [5.41, 5.74) is 14.2. The molecule has 12 rings (SSSR count). The van der Waals surface area contributed by atoms with E-state index < -0.39 is 11.5 Å². The third-order valence-corrected chi connectivity index (χ3v) is 12.7. The van der Waals surface area contributed by atoms with Gasteiger partial charge in [-0.1, -0.05) is 182 Å². The maximum Gasteiger partial charge on any atom is 0.0713 e. The van der Waals surface area contributed by atoms with Crippen LogP contribution in [0, 0.1) is 0 Å². The van der Waals surface area contributed by atoms with Crippen LogP contribution >= 0.6 is 0 Å². The van der Waals surface area contributed by atoms with E-state index in [4.69, 9.17) is 4.11 Å². The number of rotatable bonds is 8. The van der Waals surface area contributed by atoms with E-state index in [2.05, 4.69) is 167 Å². The van der Waals surface area contributed by atoms with Gasteiger partial charge in [-0.25, -0.2) is 0 Å². The quantitative estimate of drug-likeness (QED) is 0.148.